The second-order valence-electron chi connectivity index (χ2n) is 3.92. The minimum Gasteiger partial charge on any atom is -0.229 e. The van der Waals surface area contributed by atoms with Gasteiger partial charge in [0.25, 0.3) is 0 Å². The molecule has 3 nitrogen and oxygen atoms in total. The van der Waals surface area contributed by atoms with Crippen LogP contribution in [0.2, 0.25) is 0 Å². The molecule has 3 aromatic rings. The Morgan fingerprint density at radius 2 is 2.00 bits per heavy atom. The average Bonchev–Trinajstić information content (AvgIpc) is 2.94. The highest BCUT2D eigenvalue weighted by atomic mass is 32.2. The number of thiophene rings is 1. The van der Waals surface area contributed by atoms with Crippen molar-refractivity contribution in [3.63, 3.8) is 0 Å². The van der Waals surface area contributed by atoms with Gasteiger partial charge in [-0.15, -0.1) is 23.1 Å². The Hall–Kier alpha value is -1.90. The van der Waals surface area contributed by atoms with Crippen molar-refractivity contribution in [1.29, 1.82) is 5.26 Å². The van der Waals surface area contributed by atoms with Gasteiger partial charge in [0.1, 0.15) is 16.2 Å². The van der Waals surface area contributed by atoms with Gasteiger partial charge in [0.15, 0.2) is 0 Å². The van der Waals surface area contributed by atoms with Crippen LogP contribution < -0.4 is 0 Å². The van der Waals surface area contributed by atoms with E-state index in [1.165, 1.54) is 5.56 Å². The summed E-state index contributed by atoms with van der Waals surface area (Å²) in [6.45, 7) is 0. The summed E-state index contributed by atoms with van der Waals surface area (Å²) in [5.74, 6) is 0.841. The van der Waals surface area contributed by atoms with E-state index in [0.717, 1.165) is 21.0 Å². The number of nitriles is 1. The molecule has 0 radical (unpaired) electrons. The molecule has 0 amide bonds. The predicted molar refractivity (Wildman–Crippen MR) is 78.1 cm³/mol. The molecule has 0 aliphatic heterocycles. The lowest BCUT2D eigenvalue weighted by Crippen LogP contribution is -1.86. The molecule has 0 aliphatic rings. The number of benzene rings is 1. The van der Waals surface area contributed by atoms with Crippen LogP contribution in [-0.4, -0.2) is 9.97 Å². The molecule has 0 bridgehead atoms. The Labute approximate surface area is 118 Å². The molecular formula is C14H9N3S2. The maximum absolute atomic E-state index is 8.76. The summed E-state index contributed by atoms with van der Waals surface area (Å²) >= 11 is 3.32. The summed E-state index contributed by atoms with van der Waals surface area (Å²) in [5.41, 5.74) is 1.88. The minimum absolute atomic E-state index is 0.691. The first kappa shape index (κ1) is 12.2. The molecule has 0 saturated carbocycles. The lowest BCUT2D eigenvalue weighted by Gasteiger charge is -2.02. The minimum atomic E-state index is 0.691. The molecule has 0 fully saturated rings. The number of rotatable bonds is 3. The van der Waals surface area contributed by atoms with E-state index in [2.05, 4.69) is 22.1 Å². The molecule has 0 unspecified atom stereocenters. The number of hydrogen-bond acceptors (Lipinski definition) is 5. The number of nitrogens with zero attached hydrogens (tertiary/aromatic N) is 3. The Balaban J connectivity index is 1.78. The molecule has 92 valence electrons. The Morgan fingerprint density at radius 3 is 2.79 bits per heavy atom. The zero-order chi connectivity index (χ0) is 13.1. The van der Waals surface area contributed by atoms with Crippen molar-refractivity contribution in [2.45, 2.75) is 10.8 Å². The van der Waals surface area contributed by atoms with Gasteiger partial charge >= 0.3 is 0 Å². The van der Waals surface area contributed by atoms with E-state index in [0.29, 0.717) is 5.56 Å². The molecule has 2 aromatic heterocycles. The molecular weight excluding hydrogens is 274 g/mol. The third kappa shape index (κ3) is 2.60. The summed E-state index contributed by atoms with van der Waals surface area (Å²) in [6.07, 6.45) is 1.61. The fourth-order valence-corrected chi connectivity index (χ4v) is 3.44. The van der Waals surface area contributed by atoms with Gasteiger partial charge in [0.2, 0.25) is 0 Å². The van der Waals surface area contributed by atoms with Crippen molar-refractivity contribution in [2.75, 3.05) is 0 Å². The van der Waals surface area contributed by atoms with Gasteiger partial charge in [-0.25, -0.2) is 9.97 Å². The van der Waals surface area contributed by atoms with Crippen LogP contribution in [0.25, 0.3) is 10.2 Å². The van der Waals surface area contributed by atoms with Gasteiger partial charge in [0, 0.05) is 11.1 Å². The van der Waals surface area contributed by atoms with E-state index >= 15 is 0 Å². The molecule has 5 heteroatoms. The topological polar surface area (TPSA) is 49.6 Å². The Kier molecular flexibility index (Phi) is 3.45. The highest BCUT2D eigenvalue weighted by Gasteiger charge is 2.05. The first-order chi connectivity index (χ1) is 9.36. The SMILES string of the molecule is N#Cc1ccc(CSc2ncnc3sccc23)cc1. The summed E-state index contributed by atoms with van der Waals surface area (Å²) in [4.78, 5) is 9.60. The molecule has 0 atom stereocenters. The second kappa shape index (κ2) is 5.39. The van der Waals surface area contributed by atoms with Gasteiger partial charge < -0.3 is 0 Å². The molecule has 3 rings (SSSR count). The fourth-order valence-electron chi connectivity index (χ4n) is 1.71. The molecule has 0 saturated heterocycles. The summed E-state index contributed by atoms with van der Waals surface area (Å²) in [6, 6.07) is 11.8. The van der Waals surface area contributed by atoms with Gasteiger partial charge in [-0.3, -0.25) is 0 Å². The molecule has 19 heavy (non-hydrogen) atoms. The van der Waals surface area contributed by atoms with Gasteiger partial charge in [-0.2, -0.15) is 5.26 Å². The van der Waals surface area contributed by atoms with Gasteiger partial charge in [-0.05, 0) is 29.1 Å². The number of aromatic nitrogens is 2. The van der Waals surface area contributed by atoms with Crippen molar-refractivity contribution in [2.24, 2.45) is 0 Å². The molecule has 0 aliphatic carbocycles. The number of fused-ring (bicyclic) bond motifs is 1. The Bertz CT molecular complexity index is 741. The van der Waals surface area contributed by atoms with Crippen LogP contribution in [0, 0.1) is 11.3 Å². The van der Waals surface area contributed by atoms with Crippen LogP contribution in [0.5, 0.6) is 0 Å². The van der Waals surface area contributed by atoms with E-state index in [1.54, 1.807) is 29.4 Å². The highest BCUT2D eigenvalue weighted by Crippen LogP contribution is 2.29. The second-order valence-corrected chi connectivity index (χ2v) is 5.77. The van der Waals surface area contributed by atoms with Crippen molar-refractivity contribution in [3.8, 4) is 6.07 Å². The molecule has 1 aromatic carbocycles. The van der Waals surface area contributed by atoms with Crippen LogP contribution in [0.4, 0.5) is 0 Å². The van der Waals surface area contributed by atoms with Gasteiger partial charge in [0.05, 0.1) is 11.6 Å². The van der Waals surface area contributed by atoms with Gasteiger partial charge in [-0.1, -0.05) is 12.1 Å². The van der Waals surface area contributed by atoms with E-state index in [1.807, 2.05) is 29.6 Å². The average molecular weight is 283 g/mol. The zero-order valence-electron chi connectivity index (χ0n) is 9.91. The molecule has 0 N–H and O–H groups in total. The van der Waals surface area contributed by atoms with Crippen LogP contribution in [0.15, 0.2) is 47.1 Å². The monoisotopic (exact) mass is 283 g/mol. The van der Waals surface area contributed by atoms with Crippen LogP contribution >= 0.6 is 23.1 Å². The van der Waals surface area contributed by atoms with Crippen LogP contribution in [0.3, 0.4) is 0 Å². The maximum atomic E-state index is 8.76. The van der Waals surface area contributed by atoms with E-state index in [9.17, 15) is 0 Å². The lowest BCUT2D eigenvalue weighted by molar-refractivity contribution is 1.11. The van der Waals surface area contributed by atoms with E-state index < -0.39 is 0 Å². The van der Waals surface area contributed by atoms with Crippen molar-refractivity contribution >= 4 is 33.3 Å². The molecule has 0 spiro atoms. The maximum Gasteiger partial charge on any atom is 0.127 e. The Morgan fingerprint density at radius 1 is 1.16 bits per heavy atom. The number of hydrogen-bond donors (Lipinski definition) is 0. The standard InChI is InChI=1S/C14H9N3S2/c15-7-10-1-3-11(4-2-10)8-19-14-12-5-6-18-13(12)16-9-17-14/h1-6,9H,8H2. The normalized spacial score (nSPS) is 10.5. The molecule has 2 heterocycles. The largest absolute Gasteiger partial charge is 0.229 e. The van der Waals surface area contributed by atoms with E-state index in [-0.39, 0.29) is 0 Å². The zero-order valence-corrected chi connectivity index (χ0v) is 11.5. The first-order valence-corrected chi connectivity index (χ1v) is 7.53. The smallest absolute Gasteiger partial charge is 0.127 e. The van der Waals surface area contributed by atoms with Crippen LogP contribution in [-0.2, 0) is 5.75 Å². The summed E-state index contributed by atoms with van der Waals surface area (Å²) in [5, 5.41) is 12.9. The summed E-state index contributed by atoms with van der Waals surface area (Å²) in [7, 11) is 0. The summed E-state index contributed by atoms with van der Waals surface area (Å²) < 4.78 is 0. The van der Waals surface area contributed by atoms with Crippen molar-refractivity contribution in [1.82, 2.24) is 9.97 Å². The first-order valence-electron chi connectivity index (χ1n) is 5.67. The number of thioether (sulfide) groups is 1. The predicted octanol–water partition coefficient (Wildman–Crippen LogP) is 3.86. The third-order valence-corrected chi connectivity index (χ3v) is 4.58. The highest BCUT2D eigenvalue weighted by molar-refractivity contribution is 7.98. The van der Waals surface area contributed by atoms with E-state index in [4.69, 9.17) is 5.26 Å². The quantitative estimate of drug-likeness (QED) is 0.541. The van der Waals surface area contributed by atoms with Crippen molar-refractivity contribution in [3.05, 3.63) is 53.2 Å². The fraction of sp³-hybridized carbons (Fsp3) is 0.0714. The third-order valence-electron chi connectivity index (χ3n) is 2.68. The lowest BCUT2D eigenvalue weighted by atomic mass is 10.2. The van der Waals surface area contributed by atoms with Crippen LogP contribution in [0.1, 0.15) is 11.1 Å². The van der Waals surface area contributed by atoms with Crippen molar-refractivity contribution < 1.29 is 0 Å².